The van der Waals surface area contributed by atoms with Crippen LogP contribution in [0.1, 0.15) is 29.7 Å². The molecule has 1 heterocycles. The Hall–Kier alpha value is -1.94. The van der Waals surface area contributed by atoms with Gasteiger partial charge in [0.25, 0.3) is 0 Å². The second-order valence-corrected chi connectivity index (χ2v) is 5.96. The maximum atomic E-state index is 12.0. The minimum absolute atomic E-state index is 0.0229. The largest absolute Gasteiger partial charge is 0.273 e. The molecule has 0 radical (unpaired) electrons. The fraction of sp³-hybridized carbons (Fsp3) is 0.250. The van der Waals surface area contributed by atoms with E-state index in [9.17, 15) is 4.79 Å². The molecule has 1 saturated carbocycles. The zero-order valence-electron chi connectivity index (χ0n) is 11.2. The zero-order chi connectivity index (χ0) is 13.9. The molecule has 0 aliphatic heterocycles. The molecule has 1 aliphatic rings. The second kappa shape index (κ2) is 5.59. The van der Waals surface area contributed by atoms with Crippen molar-refractivity contribution < 1.29 is 4.79 Å². The molecule has 0 unspecified atom stereocenters. The summed E-state index contributed by atoms with van der Waals surface area (Å²) in [5.74, 6) is 0.445. The number of nitrogens with zero attached hydrogens (tertiary/aromatic N) is 1. The Balaban J connectivity index is 1.58. The first-order valence-electron chi connectivity index (χ1n) is 6.68. The van der Waals surface area contributed by atoms with Gasteiger partial charge in [0.2, 0.25) is 5.91 Å². The maximum absolute atomic E-state index is 12.0. The van der Waals surface area contributed by atoms with E-state index in [0.717, 1.165) is 17.0 Å². The first-order valence-corrected chi connectivity index (χ1v) is 7.56. The lowest BCUT2D eigenvalue weighted by Gasteiger charge is -2.01. The molecule has 1 aromatic carbocycles. The number of nitrogens with one attached hydrogen (secondary N) is 1. The first kappa shape index (κ1) is 13.1. The SMILES string of the molecule is C/C(=N\NC(=O)[C@@H]1C[C@H]1c1ccccc1)c1cccs1. The van der Waals surface area contributed by atoms with Gasteiger partial charge in [-0.15, -0.1) is 11.3 Å². The Bertz CT molecular complexity index is 619. The molecule has 1 aliphatic carbocycles. The van der Waals surface area contributed by atoms with Gasteiger partial charge < -0.3 is 0 Å². The Morgan fingerprint density at radius 3 is 2.75 bits per heavy atom. The lowest BCUT2D eigenvalue weighted by Crippen LogP contribution is -2.21. The molecule has 0 bridgehead atoms. The number of benzene rings is 1. The normalized spacial score (nSPS) is 21.6. The summed E-state index contributed by atoms with van der Waals surface area (Å²) < 4.78 is 0. The molecule has 1 N–H and O–H groups in total. The number of thiophene rings is 1. The molecule has 4 heteroatoms. The monoisotopic (exact) mass is 284 g/mol. The number of hydrogen-bond donors (Lipinski definition) is 1. The fourth-order valence-electron chi connectivity index (χ4n) is 2.31. The van der Waals surface area contributed by atoms with Crippen molar-refractivity contribution >= 4 is 23.0 Å². The third kappa shape index (κ3) is 2.80. The van der Waals surface area contributed by atoms with Crippen LogP contribution in [-0.4, -0.2) is 11.6 Å². The van der Waals surface area contributed by atoms with Gasteiger partial charge in [-0.25, -0.2) is 5.43 Å². The van der Waals surface area contributed by atoms with Gasteiger partial charge in [-0.1, -0.05) is 36.4 Å². The lowest BCUT2D eigenvalue weighted by atomic mass is 10.1. The molecule has 0 saturated heterocycles. The highest BCUT2D eigenvalue weighted by Gasteiger charge is 2.43. The molecule has 0 spiro atoms. The smallest absolute Gasteiger partial charge is 0.243 e. The van der Waals surface area contributed by atoms with Crippen molar-refractivity contribution in [3.8, 4) is 0 Å². The van der Waals surface area contributed by atoms with Gasteiger partial charge in [-0.2, -0.15) is 5.10 Å². The van der Waals surface area contributed by atoms with Gasteiger partial charge in [-0.05, 0) is 36.3 Å². The minimum Gasteiger partial charge on any atom is -0.273 e. The summed E-state index contributed by atoms with van der Waals surface area (Å²) >= 11 is 1.62. The second-order valence-electron chi connectivity index (χ2n) is 5.01. The highest BCUT2D eigenvalue weighted by atomic mass is 32.1. The summed E-state index contributed by atoms with van der Waals surface area (Å²) in [5, 5.41) is 6.19. The average Bonchev–Trinajstić information content (AvgIpc) is 3.10. The van der Waals surface area contributed by atoms with Crippen LogP contribution < -0.4 is 5.43 Å². The topological polar surface area (TPSA) is 41.5 Å². The summed E-state index contributed by atoms with van der Waals surface area (Å²) in [6, 6.07) is 14.2. The molecule has 1 amide bonds. The van der Waals surface area contributed by atoms with E-state index in [1.165, 1.54) is 5.56 Å². The maximum Gasteiger partial charge on any atom is 0.243 e. The zero-order valence-corrected chi connectivity index (χ0v) is 12.1. The summed E-state index contributed by atoms with van der Waals surface area (Å²) in [6.07, 6.45) is 0.920. The number of rotatable bonds is 4. The molecule has 20 heavy (non-hydrogen) atoms. The lowest BCUT2D eigenvalue weighted by molar-refractivity contribution is -0.122. The van der Waals surface area contributed by atoms with Gasteiger partial charge in [0, 0.05) is 10.8 Å². The van der Waals surface area contributed by atoms with Crippen molar-refractivity contribution in [2.24, 2.45) is 11.0 Å². The molecule has 2 atom stereocenters. The Morgan fingerprint density at radius 1 is 1.25 bits per heavy atom. The van der Waals surface area contributed by atoms with E-state index < -0.39 is 0 Å². The number of amides is 1. The highest BCUT2D eigenvalue weighted by molar-refractivity contribution is 7.12. The van der Waals surface area contributed by atoms with Gasteiger partial charge in [0.05, 0.1) is 5.71 Å². The minimum atomic E-state index is 0.0229. The van der Waals surface area contributed by atoms with Gasteiger partial charge in [-0.3, -0.25) is 4.79 Å². The van der Waals surface area contributed by atoms with Crippen molar-refractivity contribution in [1.82, 2.24) is 5.43 Å². The Labute approximate surface area is 122 Å². The van der Waals surface area contributed by atoms with Gasteiger partial charge in [0.1, 0.15) is 0 Å². The Kier molecular flexibility index (Phi) is 3.65. The molecule has 102 valence electrons. The van der Waals surface area contributed by atoms with Crippen LogP contribution in [0.5, 0.6) is 0 Å². The standard InChI is InChI=1S/C16H16N2OS/c1-11(15-8-5-9-20-15)17-18-16(19)14-10-13(14)12-6-3-2-4-7-12/h2-9,13-14H,10H2,1H3,(H,18,19)/b17-11+/t13-,14+/m0/s1. The number of hydrazone groups is 1. The Morgan fingerprint density at radius 2 is 2.05 bits per heavy atom. The third-order valence-electron chi connectivity index (χ3n) is 3.57. The highest BCUT2D eigenvalue weighted by Crippen LogP contribution is 2.47. The summed E-state index contributed by atoms with van der Waals surface area (Å²) in [4.78, 5) is 13.1. The van der Waals surface area contributed by atoms with E-state index in [2.05, 4.69) is 22.7 Å². The van der Waals surface area contributed by atoms with E-state index in [4.69, 9.17) is 0 Å². The van der Waals surface area contributed by atoms with E-state index in [1.807, 2.05) is 42.6 Å². The quantitative estimate of drug-likeness (QED) is 0.678. The van der Waals surface area contributed by atoms with Gasteiger partial charge >= 0.3 is 0 Å². The van der Waals surface area contributed by atoms with Crippen molar-refractivity contribution in [3.05, 3.63) is 58.3 Å². The number of carbonyl (C=O) groups is 1. The fourth-order valence-corrected chi connectivity index (χ4v) is 2.99. The summed E-state index contributed by atoms with van der Waals surface area (Å²) in [6.45, 7) is 1.91. The summed E-state index contributed by atoms with van der Waals surface area (Å²) in [5.41, 5.74) is 4.78. The van der Waals surface area contributed by atoms with Crippen LogP contribution in [0.2, 0.25) is 0 Å². The first-order chi connectivity index (χ1) is 9.75. The molecule has 1 fully saturated rings. The van der Waals surface area contributed by atoms with Crippen LogP contribution in [0.4, 0.5) is 0 Å². The van der Waals surface area contributed by atoms with E-state index in [1.54, 1.807) is 11.3 Å². The van der Waals surface area contributed by atoms with E-state index >= 15 is 0 Å². The number of hydrogen-bond acceptors (Lipinski definition) is 3. The predicted octanol–water partition coefficient (Wildman–Crippen LogP) is 3.39. The van der Waals surface area contributed by atoms with E-state index in [0.29, 0.717) is 5.92 Å². The van der Waals surface area contributed by atoms with Crippen LogP contribution in [0, 0.1) is 5.92 Å². The van der Waals surface area contributed by atoms with Crippen molar-refractivity contribution in [3.63, 3.8) is 0 Å². The molecular formula is C16H16N2OS. The van der Waals surface area contributed by atoms with Crippen molar-refractivity contribution in [1.29, 1.82) is 0 Å². The molecule has 3 rings (SSSR count). The van der Waals surface area contributed by atoms with Crippen molar-refractivity contribution in [2.75, 3.05) is 0 Å². The molecule has 1 aromatic heterocycles. The van der Waals surface area contributed by atoms with Crippen molar-refractivity contribution in [2.45, 2.75) is 19.3 Å². The van der Waals surface area contributed by atoms with Gasteiger partial charge in [0.15, 0.2) is 0 Å². The van der Waals surface area contributed by atoms with E-state index in [-0.39, 0.29) is 11.8 Å². The average molecular weight is 284 g/mol. The van der Waals surface area contributed by atoms with Crippen LogP contribution in [0.3, 0.4) is 0 Å². The molecule has 2 aromatic rings. The molecular weight excluding hydrogens is 268 g/mol. The molecule has 3 nitrogen and oxygen atoms in total. The number of carbonyl (C=O) groups excluding carboxylic acids is 1. The van der Waals surface area contributed by atoms with Crippen LogP contribution in [0.15, 0.2) is 52.9 Å². The third-order valence-corrected chi connectivity index (χ3v) is 4.55. The van der Waals surface area contributed by atoms with Crippen LogP contribution >= 0.6 is 11.3 Å². The van der Waals surface area contributed by atoms with Crippen LogP contribution in [-0.2, 0) is 4.79 Å². The van der Waals surface area contributed by atoms with Crippen LogP contribution in [0.25, 0.3) is 0 Å². The summed E-state index contributed by atoms with van der Waals surface area (Å²) in [7, 11) is 0. The predicted molar refractivity (Wildman–Crippen MR) is 82.0 cm³/mol.